The van der Waals surface area contributed by atoms with E-state index < -0.39 is 19.1 Å². The number of benzene rings is 2. The Morgan fingerprint density at radius 3 is 1.52 bits per heavy atom. The topological polar surface area (TPSA) is 26.3 Å². The van der Waals surface area contributed by atoms with Gasteiger partial charge in [0, 0.05) is 4.90 Å². The summed E-state index contributed by atoms with van der Waals surface area (Å²) in [5.41, 5.74) is 5.98. The molecule has 1 atom stereocenters. The van der Waals surface area contributed by atoms with Crippen molar-refractivity contribution in [3.05, 3.63) is 52.6 Å². The van der Waals surface area contributed by atoms with Crippen LogP contribution >= 0.6 is 0 Å². The third kappa shape index (κ3) is 4.24. The van der Waals surface area contributed by atoms with Gasteiger partial charge in [0.1, 0.15) is 5.75 Å². The summed E-state index contributed by atoms with van der Waals surface area (Å²) >= 11 is 0. The molecule has 0 aliphatic rings. The van der Waals surface area contributed by atoms with E-state index in [0.717, 1.165) is 37.8 Å². The maximum Gasteiger partial charge on any atom is 0.258 e. The fourth-order valence-corrected chi connectivity index (χ4v) is 11.7. The molecule has 0 spiro atoms. The molecule has 2 nitrogen and oxygen atoms in total. The van der Waals surface area contributed by atoms with Gasteiger partial charge in [-0.2, -0.15) is 0 Å². The molecule has 0 aliphatic carbocycles. The fraction of sp³-hybridized carbons (Fsp3) is 0.520. The Labute approximate surface area is 181 Å². The molecule has 0 N–H and O–H groups in total. The molecular formula is C25H38O2SSi. The minimum Gasteiger partial charge on any atom is -0.542 e. The highest BCUT2D eigenvalue weighted by Crippen LogP contribution is 2.46. The van der Waals surface area contributed by atoms with Crippen LogP contribution in [0.2, 0.25) is 16.6 Å². The van der Waals surface area contributed by atoms with E-state index in [9.17, 15) is 4.21 Å². The first kappa shape index (κ1) is 23.9. The van der Waals surface area contributed by atoms with Gasteiger partial charge >= 0.3 is 0 Å². The zero-order chi connectivity index (χ0) is 22.1. The molecule has 0 saturated heterocycles. The SMILES string of the molecule is Cc1c(C)c(S(=O)c2ccccc2)c(C)c(C)c1O[Si](C(C)C)(C(C)C)C(C)C. The normalized spacial score (nSPS) is 13.4. The van der Waals surface area contributed by atoms with Crippen molar-refractivity contribution in [3.63, 3.8) is 0 Å². The van der Waals surface area contributed by atoms with E-state index >= 15 is 0 Å². The molecule has 2 aromatic rings. The van der Waals surface area contributed by atoms with Crippen LogP contribution in [0.1, 0.15) is 63.8 Å². The average molecular weight is 431 g/mol. The lowest BCUT2D eigenvalue weighted by molar-refractivity contribution is 0.472. The predicted molar refractivity (Wildman–Crippen MR) is 128 cm³/mol. The molecule has 29 heavy (non-hydrogen) atoms. The summed E-state index contributed by atoms with van der Waals surface area (Å²) in [5.74, 6) is 1.02. The maximum atomic E-state index is 13.4. The lowest BCUT2D eigenvalue weighted by Crippen LogP contribution is -2.51. The van der Waals surface area contributed by atoms with Gasteiger partial charge in [0.25, 0.3) is 8.32 Å². The van der Waals surface area contributed by atoms with E-state index in [0.29, 0.717) is 16.6 Å². The first-order valence-corrected chi connectivity index (χ1v) is 14.0. The average Bonchev–Trinajstić information content (AvgIpc) is 2.66. The van der Waals surface area contributed by atoms with Gasteiger partial charge in [-0.3, -0.25) is 0 Å². The Morgan fingerprint density at radius 2 is 1.14 bits per heavy atom. The lowest BCUT2D eigenvalue weighted by Gasteiger charge is -2.43. The van der Waals surface area contributed by atoms with Crippen LogP contribution in [0.4, 0.5) is 0 Å². The second-order valence-corrected chi connectivity index (χ2v) is 16.0. The second-order valence-electron chi connectivity index (χ2n) is 9.16. The van der Waals surface area contributed by atoms with Crippen LogP contribution in [0, 0.1) is 27.7 Å². The molecule has 160 valence electrons. The largest absolute Gasteiger partial charge is 0.542 e. The molecule has 2 rings (SSSR count). The summed E-state index contributed by atoms with van der Waals surface area (Å²) in [6.45, 7) is 22.3. The third-order valence-corrected chi connectivity index (χ3v) is 14.3. The monoisotopic (exact) mass is 430 g/mol. The van der Waals surface area contributed by atoms with E-state index in [1.165, 1.54) is 0 Å². The molecule has 4 heteroatoms. The third-order valence-electron chi connectivity index (χ3n) is 6.62. The van der Waals surface area contributed by atoms with Crippen LogP contribution in [0.25, 0.3) is 0 Å². The van der Waals surface area contributed by atoms with Crippen molar-refractivity contribution in [2.75, 3.05) is 0 Å². The Hall–Kier alpha value is -1.39. The Morgan fingerprint density at radius 1 is 0.724 bits per heavy atom. The van der Waals surface area contributed by atoms with Gasteiger partial charge < -0.3 is 4.43 Å². The molecule has 0 amide bonds. The molecule has 0 bridgehead atoms. The van der Waals surface area contributed by atoms with Gasteiger partial charge in [0.2, 0.25) is 0 Å². The highest BCUT2D eigenvalue weighted by atomic mass is 32.2. The van der Waals surface area contributed by atoms with Crippen molar-refractivity contribution in [1.82, 2.24) is 0 Å². The Kier molecular flexibility index (Phi) is 7.56. The molecule has 0 aliphatic heterocycles. The Bertz CT molecular complexity index is 835. The standard InChI is InChI=1S/C25H38O2SSi/c1-16(2)29(17(3)4,18(5)6)27-24-19(7)21(9)25(22(10)20(24)8)28(26)23-14-12-11-13-15-23/h11-18H,1-10H3. The quantitative estimate of drug-likeness (QED) is 0.422. The van der Waals surface area contributed by atoms with Crippen LogP contribution in [-0.2, 0) is 10.8 Å². The highest BCUT2D eigenvalue weighted by Gasteiger charge is 2.47. The van der Waals surface area contributed by atoms with Gasteiger partial charge in [-0.15, -0.1) is 0 Å². The summed E-state index contributed by atoms with van der Waals surface area (Å²) in [6, 6.07) is 9.74. The van der Waals surface area contributed by atoms with Crippen LogP contribution in [0.15, 0.2) is 40.1 Å². The van der Waals surface area contributed by atoms with E-state index in [1.54, 1.807) is 0 Å². The van der Waals surface area contributed by atoms with Gasteiger partial charge in [0.05, 0.1) is 15.7 Å². The van der Waals surface area contributed by atoms with Gasteiger partial charge in [0.15, 0.2) is 0 Å². The van der Waals surface area contributed by atoms with Crippen LogP contribution in [0.3, 0.4) is 0 Å². The van der Waals surface area contributed by atoms with E-state index in [4.69, 9.17) is 4.43 Å². The van der Waals surface area contributed by atoms with E-state index in [-0.39, 0.29) is 0 Å². The van der Waals surface area contributed by atoms with Gasteiger partial charge in [-0.05, 0) is 78.7 Å². The van der Waals surface area contributed by atoms with Crippen LogP contribution in [0.5, 0.6) is 5.75 Å². The lowest BCUT2D eigenvalue weighted by atomic mass is 10.00. The maximum absolute atomic E-state index is 13.4. The smallest absolute Gasteiger partial charge is 0.258 e. The van der Waals surface area contributed by atoms with Crippen molar-refractivity contribution in [1.29, 1.82) is 0 Å². The molecule has 0 saturated carbocycles. The number of hydrogen-bond donors (Lipinski definition) is 0. The highest BCUT2D eigenvalue weighted by molar-refractivity contribution is 7.85. The van der Waals surface area contributed by atoms with Crippen molar-refractivity contribution < 1.29 is 8.63 Å². The molecule has 0 radical (unpaired) electrons. The fourth-order valence-electron chi connectivity index (χ4n) is 4.87. The van der Waals surface area contributed by atoms with Gasteiger partial charge in [-0.1, -0.05) is 59.7 Å². The molecular weight excluding hydrogens is 392 g/mol. The predicted octanol–water partition coefficient (Wildman–Crippen LogP) is 7.64. The van der Waals surface area contributed by atoms with Crippen molar-refractivity contribution in [3.8, 4) is 5.75 Å². The van der Waals surface area contributed by atoms with Crippen molar-refractivity contribution in [2.24, 2.45) is 0 Å². The van der Waals surface area contributed by atoms with Crippen molar-refractivity contribution in [2.45, 2.75) is 95.7 Å². The van der Waals surface area contributed by atoms with E-state index in [2.05, 4.69) is 69.2 Å². The summed E-state index contributed by atoms with van der Waals surface area (Å²) in [5, 5.41) is 0. The summed E-state index contributed by atoms with van der Waals surface area (Å²) in [6.07, 6.45) is 0. The second kappa shape index (κ2) is 9.17. The van der Waals surface area contributed by atoms with E-state index in [1.807, 2.05) is 30.3 Å². The molecule has 2 aromatic carbocycles. The minimum absolute atomic E-state index is 0.514. The zero-order valence-corrected chi connectivity index (χ0v) is 21.7. The molecule has 1 unspecified atom stereocenters. The summed E-state index contributed by atoms with van der Waals surface area (Å²) in [7, 11) is -3.25. The molecule has 0 heterocycles. The summed E-state index contributed by atoms with van der Waals surface area (Å²) in [4.78, 5) is 1.78. The first-order valence-electron chi connectivity index (χ1n) is 10.7. The minimum atomic E-state index is -2.06. The Balaban J connectivity index is 2.67. The van der Waals surface area contributed by atoms with Gasteiger partial charge in [-0.25, -0.2) is 4.21 Å². The van der Waals surface area contributed by atoms with Crippen LogP contribution in [-0.4, -0.2) is 12.5 Å². The summed E-state index contributed by atoms with van der Waals surface area (Å²) < 4.78 is 20.5. The van der Waals surface area contributed by atoms with Crippen molar-refractivity contribution >= 4 is 19.1 Å². The van der Waals surface area contributed by atoms with Crippen LogP contribution < -0.4 is 4.43 Å². The number of hydrogen-bond acceptors (Lipinski definition) is 2. The molecule has 0 fully saturated rings. The number of rotatable bonds is 7. The zero-order valence-electron chi connectivity index (χ0n) is 19.8. The molecule has 0 aromatic heterocycles. The first-order chi connectivity index (χ1) is 13.5.